The number of likely N-dealkylation sites (tertiary alicyclic amines) is 1. The predicted molar refractivity (Wildman–Crippen MR) is 97.2 cm³/mol. The minimum Gasteiger partial charge on any atom is -0.346 e. The maximum absolute atomic E-state index is 12.1. The largest absolute Gasteiger partial charge is 0.346 e. The van der Waals surface area contributed by atoms with Crippen molar-refractivity contribution in [2.24, 2.45) is 0 Å². The first-order chi connectivity index (χ1) is 11.4. The Hall–Kier alpha value is -1.88. The van der Waals surface area contributed by atoms with Crippen LogP contribution in [0.4, 0.5) is 5.69 Å². The van der Waals surface area contributed by atoms with Crippen LogP contribution in [-0.4, -0.2) is 42.4 Å². The molecule has 0 saturated carbocycles. The van der Waals surface area contributed by atoms with Gasteiger partial charge in [0.05, 0.1) is 13.1 Å². The predicted octanol–water partition coefficient (Wildman–Crippen LogP) is 2.54. The highest BCUT2D eigenvalue weighted by Gasteiger charge is 2.20. The molecule has 0 radical (unpaired) electrons. The molecule has 0 aliphatic carbocycles. The molecule has 5 nitrogen and oxygen atoms in total. The molecule has 2 rings (SSSR count). The number of amides is 2. The summed E-state index contributed by atoms with van der Waals surface area (Å²) in [6.07, 6.45) is 3.51. The van der Waals surface area contributed by atoms with E-state index in [2.05, 4.69) is 22.5 Å². The van der Waals surface area contributed by atoms with Crippen molar-refractivity contribution in [1.29, 1.82) is 0 Å². The van der Waals surface area contributed by atoms with Crippen LogP contribution in [0.2, 0.25) is 0 Å². The van der Waals surface area contributed by atoms with Gasteiger partial charge in [0, 0.05) is 11.7 Å². The van der Waals surface area contributed by atoms with Crippen molar-refractivity contribution >= 4 is 17.5 Å². The molecular weight excluding hydrogens is 302 g/mol. The van der Waals surface area contributed by atoms with Crippen LogP contribution in [0.1, 0.15) is 42.9 Å². The van der Waals surface area contributed by atoms with Crippen molar-refractivity contribution in [3.05, 3.63) is 28.8 Å². The van der Waals surface area contributed by atoms with E-state index in [4.69, 9.17) is 0 Å². The van der Waals surface area contributed by atoms with Crippen LogP contribution in [0.25, 0.3) is 0 Å². The van der Waals surface area contributed by atoms with Gasteiger partial charge in [-0.25, -0.2) is 0 Å². The lowest BCUT2D eigenvalue weighted by atomic mass is 10.0. The number of piperidine rings is 1. The quantitative estimate of drug-likeness (QED) is 0.871. The van der Waals surface area contributed by atoms with Crippen LogP contribution in [0, 0.1) is 20.8 Å². The highest BCUT2D eigenvalue weighted by Crippen LogP contribution is 2.21. The van der Waals surface area contributed by atoms with E-state index in [0.29, 0.717) is 12.6 Å². The maximum atomic E-state index is 12.1. The Bertz CT molecular complexity index is 590. The minimum atomic E-state index is -0.190. The molecule has 24 heavy (non-hydrogen) atoms. The topological polar surface area (TPSA) is 61.4 Å². The van der Waals surface area contributed by atoms with Crippen molar-refractivity contribution in [3.63, 3.8) is 0 Å². The first-order valence-electron chi connectivity index (χ1n) is 8.75. The zero-order valence-electron chi connectivity index (χ0n) is 15.2. The van der Waals surface area contributed by atoms with Gasteiger partial charge in [-0.15, -0.1) is 0 Å². The van der Waals surface area contributed by atoms with E-state index in [0.717, 1.165) is 36.2 Å². The standard InChI is InChI=1S/C19H29N3O2/c1-13-9-14(2)19(15(3)10-13)21-17(23)11-20-18(24)12-22-8-6-5-7-16(22)4/h9-10,16H,5-8,11-12H2,1-4H3,(H,20,24)(H,21,23). The summed E-state index contributed by atoms with van der Waals surface area (Å²) in [6, 6.07) is 4.52. The number of nitrogens with zero attached hydrogens (tertiary/aromatic N) is 1. The molecule has 0 aromatic heterocycles. The fraction of sp³-hybridized carbons (Fsp3) is 0.579. The summed E-state index contributed by atoms with van der Waals surface area (Å²) in [7, 11) is 0. The molecule has 2 amide bonds. The van der Waals surface area contributed by atoms with Gasteiger partial charge in [-0.1, -0.05) is 24.1 Å². The second-order valence-electron chi connectivity index (χ2n) is 6.91. The molecule has 132 valence electrons. The minimum absolute atomic E-state index is 0.00775. The van der Waals surface area contributed by atoms with Gasteiger partial charge in [-0.05, 0) is 58.2 Å². The number of carbonyl (C=O) groups is 2. The van der Waals surface area contributed by atoms with Crippen LogP contribution in [0.15, 0.2) is 12.1 Å². The average Bonchev–Trinajstić information content (AvgIpc) is 2.51. The van der Waals surface area contributed by atoms with Gasteiger partial charge in [0.25, 0.3) is 0 Å². The molecule has 0 bridgehead atoms. The van der Waals surface area contributed by atoms with Gasteiger partial charge < -0.3 is 10.6 Å². The van der Waals surface area contributed by atoms with E-state index in [9.17, 15) is 9.59 Å². The normalized spacial score (nSPS) is 18.2. The SMILES string of the molecule is Cc1cc(C)c(NC(=O)CNC(=O)CN2CCCCC2C)c(C)c1. The first kappa shape index (κ1) is 18.5. The fourth-order valence-electron chi connectivity index (χ4n) is 3.37. The summed E-state index contributed by atoms with van der Waals surface area (Å²) in [4.78, 5) is 26.4. The molecule has 0 spiro atoms. The van der Waals surface area contributed by atoms with Gasteiger partial charge >= 0.3 is 0 Å². The summed E-state index contributed by atoms with van der Waals surface area (Å²) in [5.74, 6) is -0.277. The summed E-state index contributed by atoms with van der Waals surface area (Å²) in [5, 5.41) is 5.63. The summed E-state index contributed by atoms with van der Waals surface area (Å²) < 4.78 is 0. The molecular formula is C19H29N3O2. The smallest absolute Gasteiger partial charge is 0.243 e. The maximum Gasteiger partial charge on any atom is 0.243 e. The van der Waals surface area contributed by atoms with Crippen LogP contribution in [0.5, 0.6) is 0 Å². The van der Waals surface area contributed by atoms with Crippen LogP contribution >= 0.6 is 0 Å². The van der Waals surface area contributed by atoms with E-state index in [1.54, 1.807) is 0 Å². The Kier molecular flexibility index (Phi) is 6.37. The Morgan fingerprint density at radius 2 is 1.79 bits per heavy atom. The van der Waals surface area contributed by atoms with Gasteiger partial charge in [0.15, 0.2) is 0 Å². The molecule has 1 aromatic carbocycles. The van der Waals surface area contributed by atoms with E-state index in [-0.39, 0.29) is 18.4 Å². The van der Waals surface area contributed by atoms with Crippen molar-refractivity contribution in [2.75, 3.05) is 25.0 Å². The summed E-state index contributed by atoms with van der Waals surface area (Å²) in [5.41, 5.74) is 4.08. The van der Waals surface area contributed by atoms with Crippen LogP contribution in [-0.2, 0) is 9.59 Å². The van der Waals surface area contributed by atoms with Crippen molar-refractivity contribution < 1.29 is 9.59 Å². The van der Waals surface area contributed by atoms with E-state index >= 15 is 0 Å². The zero-order valence-corrected chi connectivity index (χ0v) is 15.2. The molecule has 5 heteroatoms. The second-order valence-corrected chi connectivity index (χ2v) is 6.91. The Labute approximate surface area is 144 Å². The fourth-order valence-corrected chi connectivity index (χ4v) is 3.37. The van der Waals surface area contributed by atoms with Crippen molar-refractivity contribution in [2.45, 2.75) is 53.0 Å². The average molecular weight is 331 g/mol. The van der Waals surface area contributed by atoms with Gasteiger partial charge in [-0.3, -0.25) is 14.5 Å². The number of carbonyl (C=O) groups excluding carboxylic acids is 2. The Balaban J connectivity index is 1.82. The number of hydrogen-bond acceptors (Lipinski definition) is 3. The van der Waals surface area contributed by atoms with Gasteiger partial charge in [0.2, 0.25) is 11.8 Å². The zero-order chi connectivity index (χ0) is 17.7. The lowest BCUT2D eigenvalue weighted by molar-refractivity contribution is -0.125. The number of rotatable bonds is 5. The number of anilines is 1. The molecule has 1 unspecified atom stereocenters. The molecule has 1 heterocycles. The third kappa shape index (κ3) is 5.06. The molecule has 1 saturated heterocycles. The molecule has 1 aliphatic heterocycles. The lowest BCUT2D eigenvalue weighted by Crippen LogP contribution is -2.45. The molecule has 1 atom stereocenters. The number of hydrogen-bond donors (Lipinski definition) is 2. The molecule has 1 aliphatic rings. The van der Waals surface area contributed by atoms with E-state index < -0.39 is 0 Å². The highest BCUT2D eigenvalue weighted by molar-refractivity contribution is 5.96. The van der Waals surface area contributed by atoms with Gasteiger partial charge in [-0.2, -0.15) is 0 Å². The third-order valence-electron chi connectivity index (χ3n) is 4.67. The van der Waals surface area contributed by atoms with Crippen molar-refractivity contribution in [1.82, 2.24) is 10.2 Å². The third-order valence-corrected chi connectivity index (χ3v) is 4.67. The van der Waals surface area contributed by atoms with Crippen LogP contribution < -0.4 is 10.6 Å². The molecule has 1 fully saturated rings. The molecule has 2 N–H and O–H groups in total. The van der Waals surface area contributed by atoms with Gasteiger partial charge in [0.1, 0.15) is 0 Å². The highest BCUT2D eigenvalue weighted by atomic mass is 16.2. The first-order valence-corrected chi connectivity index (χ1v) is 8.75. The lowest BCUT2D eigenvalue weighted by Gasteiger charge is -2.32. The molecule has 1 aromatic rings. The number of benzene rings is 1. The Morgan fingerprint density at radius 3 is 2.42 bits per heavy atom. The van der Waals surface area contributed by atoms with E-state index in [1.807, 2.05) is 32.9 Å². The van der Waals surface area contributed by atoms with Crippen molar-refractivity contribution in [3.8, 4) is 0 Å². The second kappa shape index (κ2) is 8.29. The van der Waals surface area contributed by atoms with E-state index in [1.165, 1.54) is 12.0 Å². The monoisotopic (exact) mass is 331 g/mol. The summed E-state index contributed by atoms with van der Waals surface area (Å²) >= 11 is 0. The number of nitrogens with one attached hydrogen (secondary N) is 2. The summed E-state index contributed by atoms with van der Waals surface area (Å²) in [6.45, 7) is 9.49. The number of aryl methyl sites for hydroxylation is 3. The Morgan fingerprint density at radius 1 is 1.12 bits per heavy atom. The van der Waals surface area contributed by atoms with Crippen LogP contribution in [0.3, 0.4) is 0 Å².